The molecule has 3 aromatic rings. The van der Waals surface area contributed by atoms with E-state index in [4.69, 9.17) is 0 Å². The molecule has 23 heavy (non-hydrogen) atoms. The van der Waals surface area contributed by atoms with Crippen molar-refractivity contribution in [2.75, 3.05) is 0 Å². The van der Waals surface area contributed by atoms with Crippen LogP contribution in [0.1, 0.15) is 5.56 Å². The maximum absolute atomic E-state index is 13.0. The second kappa shape index (κ2) is 4.67. The number of rotatable bonds is 2. The van der Waals surface area contributed by atoms with Crippen LogP contribution in [0.5, 0.6) is 0 Å². The zero-order chi connectivity index (χ0) is 16.2. The van der Waals surface area contributed by atoms with E-state index in [2.05, 4.69) is 31.1 Å². The summed E-state index contributed by atoms with van der Waals surface area (Å²) in [4.78, 5) is 3.26. The number of H-pyrrole nitrogens is 1. The topological polar surface area (TPSA) is 40.5 Å². The summed E-state index contributed by atoms with van der Waals surface area (Å²) in [6, 6.07) is 13.9. The van der Waals surface area contributed by atoms with Crippen LogP contribution in [0.15, 0.2) is 63.2 Å². The SMILES string of the molecule is FC(F)(F)C1(c2ccc(-c3cc4ccc(Br)cc4[nH]3)cc2)N=N1. The Morgan fingerprint density at radius 2 is 1.65 bits per heavy atom. The van der Waals surface area contributed by atoms with Gasteiger partial charge >= 0.3 is 11.8 Å². The predicted molar refractivity (Wildman–Crippen MR) is 84.0 cm³/mol. The summed E-state index contributed by atoms with van der Waals surface area (Å²) in [7, 11) is 0. The van der Waals surface area contributed by atoms with Crippen LogP contribution in [0, 0.1) is 0 Å². The smallest absolute Gasteiger partial charge is 0.354 e. The molecule has 0 bridgehead atoms. The predicted octanol–water partition coefficient (Wildman–Crippen LogP) is 5.78. The molecule has 0 saturated heterocycles. The van der Waals surface area contributed by atoms with Gasteiger partial charge in [0.1, 0.15) is 0 Å². The molecule has 4 rings (SSSR count). The van der Waals surface area contributed by atoms with E-state index >= 15 is 0 Å². The van der Waals surface area contributed by atoms with Gasteiger partial charge in [0, 0.05) is 26.6 Å². The van der Waals surface area contributed by atoms with Crippen molar-refractivity contribution in [2.45, 2.75) is 11.8 Å². The van der Waals surface area contributed by atoms with Gasteiger partial charge in [-0.2, -0.15) is 13.2 Å². The van der Waals surface area contributed by atoms with Crippen LogP contribution < -0.4 is 0 Å². The fraction of sp³-hybridized carbons (Fsp3) is 0.125. The Balaban J connectivity index is 1.70. The maximum Gasteiger partial charge on any atom is 0.442 e. The van der Waals surface area contributed by atoms with E-state index in [1.807, 2.05) is 24.3 Å². The summed E-state index contributed by atoms with van der Waals surface area (Å²) < 4.78 is 39.9. The van der Waals surface area contributed by atoms with E-state index < -0.39 is 11.8 Å². The monoisotopic (exact) mass is 379 g/mol. The standard InChI is InChI=1S/C16H9BrF3N3/c17-12-6-3-10-7-13(21-14(10)8-12)9-1-4-11(5-2-9)15(22-23-15)16(18,19)20/h1-8,21H. The molecule has 0 atom stereocenters. The first kappa shape index (κ1) is 14.4. The summed E-state index contributed by atoms with van der Waals surface area (Å²) >= 11 is 3.41. The lowest BCUT2D eigenvalue weighted by Crippen LogP contribution is -2.29. The fourth-order valence-corrected chi connectivity index (χ4v) is 2.94. The van der Waals surface area contributed by atoms with Crippen LogP contribution in [0.2, 0.25) is 0 Å². The third-order valence-electron chi connectivity index (χ3n) is 3.88. The van der Waals surface area contributed by atoms with Gasteiger partial charge in [-0.05, 0) is 23.8 Å². The molecule has 1 aliphatic rings. The van der Waals surface area contributed by atoms with Crippen LogP contribution in [0.3, 0.4) is 0 Å². The number of benzene rings is 2. The van der Waals surface area contributed by atoms with Crippen molar-refractivity contribution in [3.63, 3.8) is 0 Å². The molecule has 2 heterocycles. The molecule has 0 unspecified atom stereocenters. The normalized spacial score (nSPS) is 16.0. The molecular formula is C16H9BrF3N3. The minimum absolute atomic E-state index is 0.0348. The van der Waals surface area contributed by atoms with E-state index in [-0.39, 0.29) is 5.56 Å². The average molecular weight is 380 g/mol. The molecule has 116 valence electrons. The Kier molecular flexibility index (Phi) is 2.93. The second-order valence-electron chi connectivity index (χ2n) is 5.36. The number of alkyl halides is 3. The number of nitrogens with one attached hydrogen (secondary N) is 1. The number of aromatic nitrogens is 1. The third kappa shape index (κ3) is 2.26. The Morgan fingerprint density at radius 1 is 0.957 bits per heavy atom. The van der Waals surface area contributed by atoms with Crippen LogP contribution in [-0.4, -0.2) is 11.2 Å². The summed E-state index contributed by atoms with van der Waals surface area (Å²) in [5.41, 5.74) is 0.274. The van der Waals surface area contributed by atoms with Crippen molar-refractivity contribution in [3.8, 4) is 11.3 Å². The minimum atomic E-state index is -4.50. The Bertz CT molecular complexity index is 920. The van der Waals surface area contributed by atoms with Gasteiger partial charge in [0.15, 0.2) is 0 Å². The molecule has 0 aliphatic carbocycles. The molecule has 1 aromatic heterocycles. The van der Waals surface area contributed by atoms with E-state index in [0.717, 1.165) is 26.6 Å². The highest BCUT2D eigenvalue weighted by molar-refractivity contribution is 9.10. The van der Waals surface area contributed by atoms with E-state index in [1.54, 1.807) is 12.1 Å². The highest BCUT2D eigenvalue weighted by Gasteiger charge is 2.65. The van der Waals surface area contributed by atoms with E-state index in [0.29, 0.717) is 0 Å². The highest BCUT2D eigenvalue weighted by atomic mass is 79.9. The van der Waals surface area contributed by atoms with Crippen molar-refractivity contribution in [3.05, 3.63) is 58.6 Å². The number of aromatic amines is 1. The molecule has 7 heteroatoms. The largest absolute Gasteiger partial charge is 0.442 e. The molecule has 1 N–H and O–H groups in total. The van der Waals surface area contributed by atoms with Gasteiger partial charge in [0.2, 0.25) is 0 Å². The average Bonchev–Trinajstić information content (AvgIpc) is 3.22. The van der Waals surface area contributed by atoms with Gasteiger partial charge in [-0.1, -0.05) is 46.3 Å². The van der Waals surface area contributed by atoms with Crippen molar-refractivity contribution in [1.29, 1.82) is 0 Å². The van der Waals surface area contributed by atoms with Gasteiger partial charge in [-0.25, -0.2) is 0 Å². The van der Waals surface area contributed by atoms with Crippen LogP contribution in [0.4, 0.5) is 13.2 Å². The van der Waals surface area contributed by atoms with Crippen LogP contribution >= 0.6 is 15.9 Å². The first-order chi connectivity index (χ1) is 10.9. The van der Waals surface area contributed by atoms with Gasteiger partial charge in [0.25, 0.3) is 0 Å². The molecule has 3 nitrogen and oxygen atoms in total. The second-order valence-corrected chi connectivity index (χ2v) is 6.28. The maximum atomic E-state index is 13.0. The van der Waals surface area contributed by atoms with Crippen LogP contribution in [-0.2, 0) is 5.66 Å². The molecule has 0 amide bonds. The van der Waals surface area contributed by atoms with Crippen molar-refractivity contribution in [1.82, 2.24) is 4.98 Å². The number of fused-ring (bicyclic) bond motifs is 1. The molecular weight excluding hydrogens is 371 g/mol. The zero-order valence-corrected chi connectivity index (χ0v) is 13.1. The number of nitrogens with zero attached hydrogens (tertiary/aromatic N) is 2. The molecule has 0 radical (unpaired) electrons. The lowest BCUT2D eigenvalue weighted by molar-refractivity contribution is -0.166. The number of hydrogen-bond acceptors (Lipinski definition) is 2. The van der Waals surface area contributed by atoms with Crippen LogP contribution in [0.25, 0.3) is 22.2 Å². The van der Waals surface area contributed by atoms with Crippen molar-refractivity contribution >= 4 is 26.8 Å². The summed E-state index contributed by atoms with van der Waals surface area (Å²) in [5, 5.41) is 7.45. The number of halogens is 4. The highest BCUT2D eigenvalue weighted by Crippen LogP contribution is 2.52. The zero-order valence-electron chi connectivity index (χ0n) is 11.5. The molecule has 0 saturated carbocycles. The van der Waals surface area contributed by atoms with Gasteiger partial charge in [0.05, 0.1) is 0 Å². The third-order valence-corrected chi connectivity index (χ3v) is 4.37. The summed E-state index contributed by atoms with van der Waals surface area (Å²) in [6.45, 7) is 0. The molecule has 0 fully saturated rings. The van der Waals surface area contributed by atoms with Gasteiger partial charge < -0.3 is 4.98 Å². The lowest BCUT2D eigenvalue weighted by atomic mass is 10.0. The molecule has 0 spiro atoms. The van der Waals surface area contributed by atoms with Gasteiger partial charge in [-0.3, -0.25) is 0 Å². The van der Waals surface area contributed by atoms with Gasteiger partial charge in [-0.15, -0.1) is 10.2 Å². The first-order valence-electron chi connectivity index (χ1n) is 6.79. The first-order valence-corrected chi connectivity index (χ1v) is 7.58. The lowest BCUT2D eigenvalue weighted by Gasteiger charge is -2.14. The Labute approximate surface area is 137 Å². The fourth-order valence-electron chi connectivity index (χ4n) is 2.58. The van der Waals surface area contributed by atoms with E-state index in [9.17, 15) is 13.2 Å². The Morgan fingerprint density at radius 3 is 2.26 bits per heavy atom. The molecule has 1 aliphatic heterocycles. The Hall–Kier alpha value is -2.15. The van der Waals surface area contributed by atoms with Crippen molar-refractivity contribution in [2.24, 2.45) is 10.2 Å². The van der Waals surface area contributed by atoms with E-state index in [1.165, 1.54) is 12.1 Å². The number of hydrogen-bond donors (Lipinski definition) is 1. The minimum Gasteiger partial charge on any atom is -0.354 e. The summed E-state index contributed by atoms with van der Waals surface area (Å²) in [6.07, 6.45) is -4.50. The summed E-state index contributed by atoms with van der Waals surface area (Å²) in [5.74, 6) is 0. The quantitative estimate of drug-likeness (QED) is 0.586. The van der Waals surface area contributed by atoms with Crippen molar-refractivity contribution < 1.29 is 13.2 Å². The molecule has 2 aromatic carbocycles.